The van der Waals surface area contributed by atoms with Gasteiger partial charge in [-0.3, -0.25) is 0 Å². The zero-order valence-corrected chi connectivity index (χ0v) is 11.4. The molecular formula is C18H19NO. The van der Waals surface area contributed by atoms with Crippen LogP contribution in [-0.2, 0) is 0 Å². The molecule has 0 radical (unpaired) electrons. The van der Waals surface area contributed by atoms with Gasteiger partial charge in [0.05, 0.1) is 6.61 Å². The van der Waals surface area contributed by atoms with Gasteiger partial charge in [-0.1, -0.05) is 55.1 Å². The van der Waals surface area contributed by atoms with Gasteiger partial charge in [-0.2, -0.15) is 0 Å². The molecule has 2 rings (SSSR count). The predicted octanol–water partition coefficient (Wildman–Crippen LogP) is 3.93. The number of aliphatic hydroxyl groups is 1. The highest BCUT2D eigenvalue weighted by Gasteiger charge is 2.10. The van der Waals surface area contributed by atoms with Crippen LogP contribution in [0.15, 0.2) is 85.0 Å². The first-order chi connectivity index (χ1) is 9.85. The van der Waals surface area contributed by atoms with Gasteiger partial charge in [-0.05, 0) is 29.8 Å². The van der Waals surface area contributed by atoms with Crippen LogP contribution in [0.4, 0.5) is 11.4 Å². The summed E-state index contributed by atoms with van der Waals surface area (Å²) in [7, 11) is 0. The molecule has 0 amide bonds. The summed E-state index contributed by atoms with van der Waals surface area (Å²) in [6.07, 6.45) is 3.57. The van der Waals surface area contributed by atoms with Crippen LogP contribution in [-0.4, -0.2) is 18.3 Å². The molecule has 0 aliphatic rings. The Hall–Kier alpha value is -2.32. The Bertz CT molecular complexity index is 521. The highest BCUT2D eigenvalue weighted by Crippen LogP contribution is 2.25. The third-order valence-corrected chi connectivity index (χ3v) is 3.05. The first-order valence-electron chi connectivity index (χ1n) is 6.64. The Morgan fingerprint density at radius 3 is 1.85 bits per heavy atom. The Kier molecular flexibility index (Phi) is 5.15. The lowest BCUT2D eigenvalue weighted by Crippen LogP contribution is -2.21. The van der Waals surface area contributed by atoms with Gasteiger partial charge in [0.25, 0.3) is 0 Å². The number of hydrogen-bond acceptors (Lipinski definition) is 2. The summed E-state index contributed by atoms with van der Waals surface area (Å²) in [5, 5.41) is 9.46. The maximum absolute atomic E-state index is 9.46. The number of nitrogens with zero attached hydrogens (tertiary/aromatic N) is 1. The number of para-hydroxylation sites is 2. The quantitative estimate of drug-likeness (QED) is 0.800. The van der Waals surface area contributed by atoms with Crippen molar-refractivity contribution < 1.29 is 5.11 Å². The zero-order valence-electron chi connectivity index (χ0n) is 11.4. The van der Waals surface area contributed by atoms with Crippen LogP contribution in [0.3, 0.4) is 0 Å². The van der Waals surface area contributed by atoms with Crippen molar-refractivity contribution in [1.82, 2.24) is 0 Å². The normalized spacial score (nSPS) is 11.2. The molecule has 1 N–H and O–H groups in total. The van der Waals surface area contributed by atoms with Gasteiger partial charge in [0.2, 0.25) is 0 Å². The van der Waals surface area contributed by atoms with Crippen molar-refractivity contribution >= 4 is 11.4 Å². The zero-order chi connectivity index (χ0) is 14.2. The van der Waals surface area contributed by atoms with E-state index < -0.39 is 0 Å². The molecule has 20 heavy (non-hydrogen) atoms. The maximum atomic E-state index is 9.46. The van der Waals surface area contributed by atoms with Crippen molar-refractivity contribution in [1.29, 1.82) is 0 Å². The lowest BCUT2D eigenvalue weighted by molar-refractivity contribution is 0.329. The molecule has 2 aromatic carbocycles. The van der Waals surface area contributed by atoms with Gasteiger partial charge in [0.15, 0.2) is 0 Å². The summed E-state index contributed by atoms with van der Waals surface area (Å²) in [5.41, 5.74) is 3.12. The number of hydrogen-bond donors (Lipinski definition) is 1. The van der Waals surface area contributed by atoms with Crippen molar-refractivity contribution in [3.8, 4) is 0 Å². The summed E-state index contributed by atoms with van der Waals surface area (Å²) < 4.78 is 0. The van der Waals surface area contributed by atoms with Crippen molar-refractivity contribution in [3.05, 3.63) is 85.0 Å². The minimum absolute atomic E-state index is 0.0299. The van der Waals surface area contributed by atoms with Crippen LogP contribution in [0.1, 0.15) is 0 Å². The molecule has 0 bridgehead atoms. The third kappa shape index (κ3) is 3.59. The fraction of sp³-hybridized carbons (Fsp3) is 0.111. The number of allylic oxidation sites excluding steroid dienone is 2. The fourth-order valence-electron chi connectivity index (χ4n) is 2.07. The topological polar surface area (TPSA) is 23.5 Å². The second-order valence-corrected chi connectivity index (χ2v) is 4.48. The molecule has 0 atom stereocenters. The van der Waals surface area contributed by atoms with E-state index in [2.05, 4.69) is 35.7 Å². The average molecular weight is 265 g/mol. The molecule has 0 saturated heterocycles. The first kappa shape index (κ1) is 14.1. The van der Waals surface area contributed by atoms with E-state index in [4.69, 9.17) is 0 Å². The van der Waals surface area contributed by atoms with Gasteiger partial charge >= 0.3 is 0 Å². The third-order valence-electron chi connectivity index (χ3n) is 3.05. The highest BCUT2D eigenvalue weighted by atomic mass is 16.3. The molecule has 0 heterocycles. The maximum Gasteiger partial charge on any atom is 0.0662 e. The molecule has 0 aliphatic carbocycles. The van der Waals surface area contributed by atoms with E-state index in [-0.39, 0.29) is 6.61 Å². The van der Waals surface area contributed by atoms with Gasteiger partial charge in [0.1, 0.15) is 0 Å². The monoisotopic (exact) mass is 265 g/mol. The van der Waals surface area contributed by atoms with Gasteiger partial charge in [-0.15, -0.1) is 0 Å². The lowest BCUT2D eigenvalue weighted by atomic mass is 10.2. The Labute approximate surface area is 120 Å². The van der Waals surface area contributed by atoms with E-state index in [1.165, 1.54) is 0 Å². The van der Waals surface area contributed by atoms with Crippen molar-refractivity contribution in [3.63, 3.8) is 0 Å². The van der Waals surface area contributed by atoms with Crippen LogP contribution in [0.25, 0.3) is 0 Å². The smallest absolute Gasteiger partial charge is 0.0662 e. The predicted molar refractivity (Wildman–Crippen MR) is 85.3 cm³/mol. The number of anilines is 2. The highest BCUT2D eigenvalue weighted by molar-refractivity contribution is 5.64. The molecule has 0 aromatic heterocycles. The largest absolute Gasteiger partial charge is 0.392 e. The van der Waals surface area contributed by atoms with Gasteiger partial charge in [0, 0.05) is 17.9 Å². The molecule has 0 unspecified atom stereocenters. The number of benzene rings is 2. The molecule has 0 spiro atoms. The minimum Gasteiger partial charge on any atom is -0.392 e. The molecular weight excluding hydrogens is 246 g/mol. The van der Waals surface area contributed by atoms with E-state index in [0.717, 1.165) is 16.9 Å². The van der Waals surface area contributed by atoms with Crippen molar-refractivity contribution in [2.24, 2.45) is 0 Å². The van der Waals surface area contributed by atoms with E-state index in [1.54, 1.807) is 6.08 Å². The van der Waals surface area contributed by atoms with Crippen molar-refractivity contribution in [2.75, 3.05) is 18.1 Å². The van der Waals surface area contributed by atoms with E-state index in [9.17, 15) is 5.11 Å². The molecule has 2 aromatic rings. The SMILES string of the molecule is C=C/C=C(/CO)CN(c1ccccc1)c1ccccc1. The molecule has 0 aliphatic heterocycles. The van der Waals surface area contributed by atoms with Crippen molar-refractivity contribution in [2.45, 2.75) is 0 Å². The van der Waals surface area contributed by atoms with Crippen LogP contribution in [0.5, 0.6) is 0 Å². The van der Waals surface area contributed by atoms with E-state index >= 15 is 0 Å². The van der Waals surface area contributed by atoms with Gasteiger partial charge < -0.3 is 10.0 Å². The summed E-state index contributed by atoms with van der Waals surface area (Å²) in [6.45, 7) is 4.36. The Morgan fingerprint density at radius 2 is 1.45 bits per heavy atom. The van der Waals surface area contributed by atoms with Crippen LogP contribution in [0.2, 0.25) is 0 Å². The minimum atomic E-state index is 0.0299. The van der Waals surface area contributed by atoms with E-state index in [1.807, 2.05) is 42.5 Å². The fourth-order valence-corrected chi connectivity index (χ4v) is 2.07. The molecule has 2 nitrogen and oxygen atoms in total. The Balaban J connectivity index is 2.35. The first-order valence-corrected chi connectivity index (χ1v) is 6.64. The summed E-state index contributed by atoms with van der Waals surface area (Å²) in [6, 6.07) is 20.3. The average Bonchev–Trinajstić information content (AvgIpc) is 2.53. The number of aliphatic hydroxyl groups excluding tert-OH is 1. The van der Waals surface area contributed by atoms with Crippen LogP contribution in [0, 0.1) is 0 Å². The number of rotatable bonds is 6. The second-order valence-electron chi connectivity index (χ2n) is 4.48. The summed E-state index contributed by atoms with van der Waals surface area (Å²) in [5.74, 6) is 0. The molecule has 2 heteroatoms. The van der Waals surface area contributed by atoms with Crippen LogP contribution >= 0.6 is 0 Å². The second kappa shape index (κ2) is 7.31. The molecule has 0 saturated carbocycles. The van der Waals surface area contributed by atoms with E-state index in [0.29, 0.717) is 6.54 Å². The Morgan fingerprint density at radius 1 is 0.950 bits per heavy atom. The lowest BCUT2D eigenvalue weighted by Gasteiger charge is -2.26. The standard InChI is InChI=1S/C18H19NO/c1-2-9-16(15-20)14-19(17-10-5-3-6-11-17)18-12-7-4-8-13-18/h2-13,20H,1,14-15H2/b16-9+. The van der Waals surface area contributed by atoms with Gasteiger partial charge in [-0.25, -0.2) is 0 Å². The molecule has 0 fully saturated rings. The summed E-state index contributed by atoms with van der Waals surface area (Å²) in [4.78, 5) is 2.17. The molecule has 102 valence electrons. The summed E-state index contributed by atoms with van der Waals surface area (Å²) >= 11 is 0. The van der Waals surface area contributed by atoms with Crippen LogP contribution < -0.4 is 4.90 Å².